The molecule has 0 unspecified atom stereocenters. The van der Waals surface area contributed by atoms with Crippen molar-refractivity contribution in [3.8, 4) is 0 Å². The van der Waals surface area contributed by atoms with Crippen LogP contribution >= 0.6 is 0 Å². The summed E-state index contributed by atoms with van der Waals surface area (Å²) in [4.78, 5) is 0. The molecule has 0 radical (unpaired) electrons. The summed E-state index contributed by atoms with van der Waals surface area (Å²) in [6, 6.07) is 0. The van der Waals surface area contributed by atoms with E-state index in [9.17, 15) is 10.2 Å². The number of aliphatic hydroxyl groups excluding tert-OH is 1. The third kappa shape index (κ3) is 3.78. The van der Waals surface area contributed by atoms with E-state index in [1.165, 1.54) is 38.5 Å². The van der Waals surface area contributed by atoms with Gasteiger partial charge in [0.25, 0.3) is 0 Å². The van der Waals surface area contributed by atoms with Crippen molar-refractivity contribution in [2.24, 2.45) is 46.3 Å². The van der Waals surface area contributed by atoms with Gasteiger partial charge in [0.15, 0.2) is 0 Å². The van der Waals surface area contributed by atoms with Crippen molar-refractivity contribution in [3.63, 3.8) is 0 Å². The maximum atomic E-state index is 11.0. The second kappa shape index (κ2) is 8.32. The molecule has 0 heterocycles. The first-order valence-corrected chi connectivity index (χ1v) is 13.3. The summed E-state index contributed by atoms with van der Waals surface area (Å²) in [6.45, 7) is 15.7. The summed E-state index contributed by atoms with van der Waals surface area (Å²) in [5.41, 5.74) is 1.65. The van der Waals surface area contributed by atoms with Crippen LogP contribution in [-0.2, 0) is 0 Å². The lowest BCUT2D eigenvalue weighted by molar-refractivity contribution is -0.0590. The smallest absolute Gasteiger partial charge is 0.0847 e. The molecule has 0 aliphatic heterocycles. The maximum absolute atomic E-state index is 11.0. The quantitative estimate of drug-likeness (QED) is 0.451. The van der Waals surface area contributed by atoms with E-state index in [-0.39, 0.29) is 12.0 Å². The van der Waals surface area contributed by atoms with Gasteiger partial charge in [-0.15, -0.1) is 6.58 Å². The van der Waals surface area contributed by atoms with Crippen LogP contribution in [0, 0.1) is 46.3 Å². The Bertz CT molecular complexity index is 710. The van der Waals surface area contributed by atoms with Gasteiger partial charge in [-0.1, -0.05) is 52.3 Å². The van der Waals surface area contributed by atoms with Crippen LogP contribution in [0.4, 0.5) is 0 Å². The molecule has 0 aromatic carbocycles. The average molecular weight is 429 g/mol. The van der Waals surface area contributed by atoms with Gasteiger partial charge in [-0.05, 0) is 111 Å². The van der Waals surface area contributed by atoms with E-state index in [0.717, 1.165) is 49.4 Å². The molecule has 4 aliphatic rings. The van der Waals surface area contributed by atoms with Crippen molar-refractivity contribution < 1.29 is 10.2 Å². The van der Waals surface area contributed by atoms with Crippen LogP contribution in [0.2, 0.25) is 0 Å². The first-order chi connectivity index (χ1) is 14.5. The van der Waals surface area contributed by atoms with Crippen molar-refractivity contribution in [2.45, 2.75) is 111 Å². The molecule has 31 heavy (non-hydrogen) atoms. The lowest BCUT2D eigenvalue weighted by Gasteiger charge is -2.58. The minimum atomic E-state index is -0.727. The molecule has 0 bridgehead atoms. The Balaban J connectivity index is 1.49. The monoisotopic (exact) mass is 428 g/mol. The van der Waals surface area contributed by atoms with Crippen LogP contribution in [0.1, 0.15) is 98.8 Å². The normalized spacial score (nSPS) is 45.2. The fourth-order valence-corrected chi connectivity index (χ4v) is 8.90. The van der Waals surface area contributed by atoms with Gasteiger partial charge in [0.1, 0.15) is 0 Å². The van der Waals surface area contributed by atoms with E-state index < -0.39 is 5.60 Å². The molecular formula is C29H48O2. The van der Waals surface area contributed by atoms with Crippen molar-refractivity contribution in [2.75, 3.05) is 0 Å². The highest BCUT2D eigenvalue weighted by atomic mass is 16.3. The van der Waals surface area contributed by atoms with Crippen LogP contribution in [0.15, 0.2) is 24.3 Å². The van der Waals surface area contributed by atoms with Crippen molar-refractivity contribution in [1.29, 1.82) is 0 Å². The SMILES string of the molecule is C=C[C@@](O)(CC[C@@H](C)[C@@H]1CC[C@H]2[C@@H]3CC=C4C[C@@H](O)CC[C@]4(C)[C@@H]3CC[C@]21C)C(C)C. The van der Waals surface area contributed by atoms with Gasteiger partial charge in [0.2, 0.25) is 0 Å². The molecule has 3 fully saturated rings. The lowest BCUT2D eigenvalue weighted by atomic mass is 9.47. The summed E-state index contributed by atoms with van der Waals surface area (Å²) < 4.78 is 0. The van der Waals surface area contributed by atoms with Crippen LogP contribution in [0.5, 0.6) is 0 Å². The summed E-state index contributed by atoms with van der Waals surface area (Å²) in [7, 11) is 0. The number of fused-ring (bicyclic) bond motifs is 5. The summed E-state index contributed by atoms with van der Waals surface area (Å²) >= 11 is 0. The highest BCUT2D eigenvalue weighted by Crippen LogP contribution is 2.67. The molecule has 4 aliphatic carbocycles. The Kier molecular flexibility index (Phi) is 6.32. The van der Waals surface area contributed by atoms with Crippen LogP contribution in [0.25, 0.3) is 0 Å². The maximum Gasteiger partial charge on any atom is 0.0847 e. The van der Waals surface area contributed by atoms with Gasteiger partial charge in [-0.25, -0.2) is 0 Å². The standard InChI is InChI=1S/C29H48O2/c1-7-29(31,19(2)3)17-12-20(4)24-10-11-25-23-9-8-21-18-22(30)13-15-27(21,5)26(23)14-16-28(24,25)6/h7-8,19-20,22-26,30-31H,1,9-18H2,2-6H3/t20-,22+,23+,24+,25+,26-,27+,28+,29-/m1/s1. The van der Waals surface area contributed by atoms with Gasteiger partial charge in [-0.3, -0.25) is 0 Å². The summed E-state index contributed by atoms with van der Waals surface area (Å²) in [6.07, 6.45) is 16.0. The zero-order valence-corrected chi connectivity index (χ0v) is 20.9. The van der Waals surface area contributed by atoms with Crippen molar-refractivity contribution in [3.05, 3.63) is 24.3 Å². The highest BCUT2D eigenvalue weighted by molar-refractivity contribution is 5.25. The highest BCUT2D eigenvalue weighted by Gasteiger charge is 2.59. The first-order valence-electron chi connectivity index (χ1n) is 13.3. The summed E-state index contributed by atoms with van der Waals surface area (Å²) in [5, 5.41) is 21.2. The van der Waals surface area contributed by atoms with Gasteiger partial charge < -0.3 is 10.2 Å². The van der Waals surface area contributed by atoms with Gasteiger partial charge >= 0.3 is 0 Å². The molecule has 2 heteroatoms. The topological polar surface area (TPSA) is 40.5 Å². The van der Waals surface area contributed by atoms with Crippen molar-refractivity contribution in [1.82, 2.24) is 0 Å². The van der Waals surface area contributed by atoms with E-state index in [1.54, 1.807) is 11.6 Å². The fraction of sp³-hybridized carbons (Fsp3) is 0.862. The lowest BCUT2D eigenvalue weighted by Crippen LogP contribution is -2.50. The molecule has 0 aromatic heterocycles. The van der Waals surface area contributed by atoms with Crippen LogP contribution in [0.3, 0.4) is 0 Å². The summed E-state index contributed by atoms with van der Waals surface area (Å²) in [5.74, 6) is 4.17. The molecule has 0 aromatic rings. The van der Waals surface area contributed by atoms with E-state index in [1.807, 2.05) is 0 Å². The number of allylic oxidation sites excluding steroid dienone is 1. The number of hydrogen-bond donors (Lipinski definition) is 2. The predicted octanol–water partition coefficient (Wildman–Crippen LogP) is 6.92. The minimum Gasteiger partial charge on any atom is -0.393 e. The van der Waals surface area contributed by atoms with E-state index in [4.69, 9.17) is 0 Å². The van der Waals surface area contributed by atoms with Crippen LogP contribution < -0.4 is 0 Å². The van der Waals surface area contributed by atoms with E-state index in [2.05, 4.69) is 47.3 Å². The zero-order chi connectivity index (χ0) is 22.6. The average Bonchev–Trinajstić information content (AvgIpc) is 3.09. The van der Waals surface area contributed by atoms with E-state index >= 15 is 0 Å². The molecule has 9 atom stereocenters. The predicted molar refractivity (Wildman–Crippen MR) is 130 cm³/mol. The number of aliphatic hydroxyl groups is 2. The minimum absolute atomic E-state index is 0.110. The van der Waals surface area contributed by atoms with Gasteiger partial charge in [-0.2, -0.15) is 0 Å². The molecule has 0 spiro atoms. The number of rotatable bonds is 6. The Labute approximate surface area is 191 Å². The molecule has 0 saturated heterocycles. The van der Waals surface area contributed by atoms with Crippen molar-refractivity contribution >= 4 is 0 Å². The van der Waals surface area contributed by atoms with Gasteiger partial charge in [0, 0.05) is 0 Å². The molecule has 0 amide bonds. The van der Waals surface area contributed by atoms with Crippen LogP contribution in [-0.4, -0.2) is 21.9 Å². The van der Waals surface area contributed by atoms with Gasteiger partial charge in [0.05, 0.1) is 11.7 Å². The Morgan fingerprint density at radius 2 is 1.87 bits per heavy atom. The largest absolute Gasteiger partial charge is 0.393 e. The molecule has 2 N–H and O–H groups in total. The third-order valence-corrected chi connectivity index (χ3v) is 11.2. The zero-order valence-electron chi connectivity index (χ0n) is 20.9. The first kappa shape index (κ1) is 23.6. The van der Waals surface area contributed by atoms with E-state index in [0.29, 0.717) is 16.7 Å². The Morgan fingerprint density at radius 3 is 2.55 bits per heavy atom. The molecule has 3 saturated carbocycles. The fourth-order valence-electron chi connectivity index (χ4n) is 8.90. The Hall–Kier alpha value is -0.600. The second-order valence-electron chi connectivity index (χ2n) is 12.8. The molecular weight excluding hydrogens is 380 g/mol. The third-order valence-electron chi connectivity index (χ3n) is 11.2. The second-order valence-corrected chi connectivity index (χ2v) is 12.8. The molecule has 4 rings (SSSR count). The molecule has 2 nitrogen and oxygen atoms in total. The number of hydrogen-bond acceptors (Lipinski definition) is 2. The molecule has 176 valence electrons. The Morgan fingerprint density at radius 1 is 1.13 bits per heavy atom.